The molecule has 2 aliphatic rings. The summed E-state index contributed by atoms with van der Waals surface area (Å²) in [7, 11) is 0. The van der Waals surface area contributed by atoms with E-state index in [2.05, 4.69) is 20.5 Å². The molecule has 2 fully saturated rings. The SMILES string of the molecule is c1nc(NC2CCCC2)nnc1C1CC1. The molecule has 1 aromatic heterocycles. The van der Waals surface area contributed by atoms with Crippen LogP contribution < -0.4 is 5.32 Å². The number of rotatable bonds is 3. The van der Waals surface area contributed by atoms with E-state index < -0.39 is 0 Å². The minimum absolute atomic E-state index is 0.568. The predicted octanol–water partition coefficient (Wildman–Crippen LogP) is 2.10. The van der Waals surface area contributed by atoms with Gasteiger partial charge in [-0.15, -0.1) is 10.2 Å². The quantitative estimate of drug-likeness (QED) is 0.819. The maximum atomic E-state index is 4.32. The van der Waals surface area contributed by atoms with Gasteiger partial charge in [-0.2, -0.15) is 0 Å². The Balaban J connectivity index is 1.64. The van der Waals surface area contributed by atoms with E-state index in [-0.39, 0.29) is 0 Å². The van der Waals surface area contributed by atoms with Crippen LogP contribution in [0.2, 0.25) is 0 Å². The molecule has 0 spiro atoms. The fourth-order valence-corrected chi connectivity index (χ4v) is 2.17. The first-order valence-corrected chi connectivity index (χ1v) is 5.88. The van der Waals surface area contributed by atoms with Crippen molar-refractivity contribution in [3.63, 3.8) is 0 Å². The second kappa shape index (κ2) is 3.76. The third-order valence-corrected chi connectivity index (χ3v) is 3.26. The molecule has 0 aliphatic heterocycles. The lowest BCUT2D eigenvalue weighted by molar-refractivity contribution is 0.733. The first kappa shape index (κ1) is 9.07. The van der Waals surface area contributed by atoms with Crippen molar-refractivity contribution in [2.75, 3.05) is 5.32 Å². The zero-order chi connectivity index (χ0) is 10.1. The van der Waals surface area contributed by atoms with Crippen molar-refractivity contribution in [3.8, 4) is 0 Å². The standard InChI is InChI=1S/C11H16N4/c1-2-4-9(3-1)13-11-12-7-10(14-15-11)8-5-6-8/h7-9H,1-6H2,(H,12,13,15). The van der Waals surface area contributed by atoms with Crippen LogP contribution in [0.25, 0.3) is 0 Å². The zero-order valence-corrected chi connectivity index (χ0v) is 8.82. The second-order valence-corrected chi connectivity index (χ2v) is 4.61. The molecule has 0 atom stereocenters. The van der Waals surface area contributed by atoms with E-state index in [1.165, 1.54) is 38.5 Å². The Morgan fingerprint density at radius 3 is 2.47 bits per heavy atom. The van der Waals surface area contributed by atoms with E-state index in [1.54, 1.807) is 0 Å². The molecular weight excluding hydrogens is 188 g/mol. The molecule has 2 aliphatic carbocycles. The Morgan fingerprint density at radius 2 is 1.87 bits per heavy atom. The average Bonchev–Trinajstić information content (AvgIpc) is 2.99. The molecule has 2 saturated carbocycles. The smallest absolute Gasteiger partial charge is 0.242 e. The summed E-state index contributed by atoms with van der Waals surface area (Å²) in [4.78, 5) is 4.32. The average molecular weight is 204 g/mol. The fourth-order valence-electron chi connectivity index (χ4n) is 2.17. The molecule has 0 saturated heterocycles. The number of nitrogens with zero attached hydrogens (tertiary/aromatic N) is 3. The van der Waals surface area contributed by atoms with Crippen LogP contribution in [0.5, 0.6) is 0 Å². The monoisotopic (exact) mass is 204 g/mol. The van der Waals surface area contributed by atoms with Crippen molar-refractivity contribution in [1.29, 1.82) is 0 Å². The van der Waals surface area contributed by atoms with Gasteiger partial charge < -0.3 is 5.32 Å². The minimum atomic E-state index is 0.568. The van der Waals surface area contributed by atoms with E-state index in [0.29, 0.717) is 17.9 Å². The highest BCUT2D eigenvalue weighted by Gasteiger charge is 2.25. The third-order valence-electron chi connectivity index (χ3n) is 3.26. The molecule has 15 heavy (non-hydrogen) atoms. The van der Waals surface area contributed by atoms with E-state index >= 15 is 0 Å². The summed E-state index contributed by atoms with van der Waals surface area (Å²) in [5, 5.41) is 11.7. The van der Waals surface area contributed by atoms with E-state index in [9.17, 15) is 0 Å². The Labute approximate surface area is 89.5 Å². The lowest BCUT2D eigenvalue weighted by Gasteiger charge is -2.10. The second-order valence-electron chi connectivity index (χ2n) is 4.61. The van der Waals surface area contributed by atoms with Crippen molar-refractivity contribution in [1.82, 2.24) is 15.2 Å². The van der Waals surface area contributed by atoms with Gasteiger partial charge in [0.05, 0.1) is 11.9 Å². The van der Waals surface area contributed by atoms with Gasteiger partial charge in [-0.05, 0) is 25.7 Å². The number of aromatic nitrogens is 3. The number of nitrogens with one attached hydrogen (secondary N) is 1. The van der Waals surface area contributed by atoms with E-state index in [0.717, 1.165) is 5.69 Å². The number of anilines is 1. The van der Waals surface area contributed by atoms with E-state index in [1.807, 2.05) is 6.20 Å². The molecule has 1 aromatic rings. The van der Waals surface area contributed by atoms with Crippen LogP contribution in [0.1, 0.15) is 50.1 Å². The van der Waals surface area contributed by atoms with Gasteiger partial charge in [0.25, 0.3) is 0 Å². The van der Waals surface area contributed by atoms with Gasteiger partial charge in [-0.25, -0.2) is 4.98 Å². The maximum Gasteiger partial charge on any atom is 0.242 e. The summed E-state index contributed by atoms with van der Waals surface area (Å²) < 4.78 is 0. The summed E-state index contributed by atoms with van der Waals surface area (Å²) in [5.74, 6) is 1.34. The lowest BCUT2D eigenvalue weighted by Crippen LogP contribution is -2.17. The largest absolute Gasteiger partial charge is 0.350 e. The molecule has 0 aromatic carbocycles. The molecule has 3 rings (SSSR count). The normalized spacial score (nSPS) is 21.9. The molecule has 0 amide bonds. The van der Waals surface area contributed by atoms with Crippen LogP contribution in [-0.2, 0) is 0 Å². The van der Waals surface area contributed by atoms with Gasteiger partial charge in [-0.1, -0.05) is 12.8 Å². The summed E-state index contributed by atoms with van der Waals surface area (Å²) in [6.45, 7) is 0. The Bertz CT molecular complexity index is 325. The van der Waals surface area contributed by atoms with Crippen molar-refractivity contribution in [2.45, 2.75) is 50.5 Å². The molecule has 0 bridgehead atoms. The Hall–Kier alpha value is -1.19. The Kier molecular flexibility index (Phi) is 2.27. The summed E-state index contributed by atoms with van der Waals surface area (Å²) in [6.07, 6.45) is 9.53. The van der Waals surface area contributed by atoms with Crippen LogP contribution in [0.3, 0.4) is 0 Å². The lowest BCUT2D eigenvalue weighted by atomic mass is 10.2. The number of hydrogen-bond donors (Lipinski definition) is 1. The van der Waals surface area contributed by atoms with Gasteiger partial charge in [0, 0.05) is 12.0 Å². The highest BCUT2D eigenvalue weighted by molar-refractivity contribution is 5.25. The summed E-state index contributed by atoms with van der Waals surface area (Å²) in [6, 6.07) is 0.568. The van der Waals surface area contributed by atoms with Crippen molar-refractivity contribution in [3.05, 3.63) is 11.9 Å². The molecule has 0 unspecified atom stereocenters. The zero-order valence-electron chi connectivity index (χ0n) is 8.82. The molecule has 4 nitrogen and oxygen atoms in total. The first-order chi connectivity index (χ1) is 7.42. The van der Waals surface area contributed by atoms with Crippen LogP contribution >= 0.6 is 0 Å². The maximum absolute atomic E-state index is 4.32. The van der Waals surface area contributed by atoms with Gasteiger partial charge >= 0.3 is 0 Å². The van der Waals surface area contributed by atoms with Crippen LogP contribution in [0, 0.1) is 0 Å². The number of hydrogen-bond acceptors (Lipinski definition) is 4. The molecule has 4 heteroatoms. The van der Waals surface area contributed by atoms with Gasteiger partial charge in [-0.3, -0.25) is 0 Å². The highest BCUT2D eigenvalue weighted by atomic mass is 15.2. The Morgan fingerprint density at radius 1 is 1.07 bits per heavy atom. The van der Waals surface area contributed by atoms with Gasteiger partial charge in [0.2, 0.25) is 5.95 Å². The summed E-state index contributed by atoms with van der Waals surface area (Å²) >= 11 is 0. The fraction of sp³-hybridized carbons (Fsp3) is 0.727. The van der Waals surface area contributed by atoms with Gasteiger partial charge in [0.15, 0.2) is 0 Å². The minimum Gasteiger partial charge on any atom is -0.350 e. The highest BCUT2D eigenvalue weighted by Crippen LogP contribution is 2.38. The van der Waals surface area contributed by atoms with Crippen LogP contribution in [-0.4, -0.2) is 21.2 Å². The van der Waals surface area contributed by atoms with Crippen LogP contribution in [0.15, 0.2) is 6.20 Å². The molecule has 80 valence electrons. The first-order valence-electron chi connectivity index (χ1n) is 5.88. The van der Waals surface area contributed by atoms with Crippen molar-refractivity contribution >= 4 is 5.95 Å². The molecule has 1 heterocycles. The molecular formula is C11H16N4. The third kappa shape index (κ3) is 2.08. The predicted molar refractivity (Wildman–Crippen MR) is 57.7 cm³/mol. The van der Waals surface area contributed by atoms with Crippen LogP contribution in [0.4, 0.5) is 5.95 Å². The topological polar surface area (TPSA) is 50.7 Å². The van der Waals surface area contributed by atoms with Gasteiger partial charge in [0.1, 0.15) is 0 Å². The summed E-state index contributed by atoms with van der Waals surface area (Å²) in [5.41, 5.74) is 1.06. The molecule has 1 N–H and O–H groups in total. The molecule has 0 radical (unpaired) electrons. The van der Waals surface area contributed by atoms with Crippen molar-refractivity contribution in [2.24, 2.45) is 0 Å². The van der Waals surface area contributed by atoms with E-state index in [4.69, 9.17) is 0 Å². The van der Waals surface area contributed by atoms with Crippen molar-refractivity contribution < 1.29 is 0 Å².